The third kappa shape index (κ3) is 5.39. The average molecular weight is 438 g/mol. The van der Waals surface area contributed by atoms with Crippen LogP contribution in [0.3, 0.4) is 0 Å². The molecule has 0 saturated carbocycles. The van der Waals surface area contributed by atoms with Crippen LogP contribution in [0.25, 0.3) is 22.4 Å². The molecule has 1 aliphatic heterocycles. The Morgan fingerprint density at radius 1 is 1.35 bits per heavy atom. The van der Waals surface area contributed by atoms with E-state index in [0.29, 0.717) is 18.5 Å². The Morgan fingerprint density at radius 3 is 2.97 bits per heavy atom. The first-order chi connectivity index (χ1) is 14.9. The molecule has 3 aromatic heterocycles. The predicted molar refractivity (Wildman–Crippen MR) is 123 cm³/mol. The van der Waals surface area contributed by atoms with E-state index < -0.39 is 8.07 Å². The SMILES string of the molecule is C[Si](C)(C)CCOCn1ccc2cnc(-c3cnn(C(C#N)CC4CCNC4)c3)nc21. The van der Waals surface area contributed by atoms with Gasteiger partial charge in [-0.05, 0) is 44.0 Å². The van der Waals surface area contributed by atoms with Gasteiger partial charge in [0, 0.05) is 38.7 Å². The zero-order valence-corrected chi connectivity index (χ0v) is 19.6. The van der Waals surface area contributed by atoms with E-state index >= 15 is 0 Å². The van der Waals surface area contributed by atoms with Crippen LogP contribution in [0.15, 0.2) is 30.9 Å². The van der Waals surface area contributed by atoms with Gasteiger partial charge in [-0.3, -0.25) is 4.68 Å². The summed E-state index contributed by atoms with van der Waals surface area (Å²) in [4.78, 5) is 9.28. The van der Waals surface area contributed by atoms with Crippen molar-refractivity contribution in [1.82, 2.24) is 29.6 Å². The second-order valence-corrected chi connectivity index (χ2v) is 15.2. The van der Waals surface area contributed by atoms with E-state index in [4.69, 9.17) is 9.72 Å². The highest BCUT2D eigenvalue weighted by atomic mass is 28.3. The zero-order chi connectivity index (χ0) is 21.8. The molecule has 4 rings (SSSR count). The lowest BCUT2D eigenvalue weighted by molar-refractivity contribution is 0.0899. The van der Waals surface area contributed by atoms with Crippen molar-refractivity contribution in [2.24, 2.45) is 5.92 Å². The van der Waals surface area contributed by atoms with Crippen molar-refractivity contribution in [3.8, 4) is 17.5 Å². The van der Waals surface area contributed by atoms with Crippen LogP contribution < -0.4 is 5.32 Å². The highest BCUT2D eigenvalue weighted by Gasteiger charge is 2.22. The van der Waals surface area contributed by atoms with Gasteiger partial charge in [0.2, 0.25) is 0 Å². The van der Waals surface area contributed by atoms with E-state index in [1.165, 1.54) is 0 Å². The lowest BCUT2D eigenvalue weighted by Gasteiger charge is -2.15. The van der Waals surface area contributed by atoms with Gasteiger partial charge < -0.3 is 14.6 Å². The summed E-state index contributed by atoms with van der Waals surface area (Å²) < 4.78 is 9.66. The van der Waals surface area contributed by atoms with Crippen molar-refractivity contribution in [2.75, 3.05) is 19.7 Å². The van der Waals surface area contributed by atoms with Gasteiger partial charge in [-0.25, -0.2) is 9.97 Å². The monoisotopic (exact) mass is 437 g/mol. The molecule has 0 bridgehead atoms. The number of nitriles is 1. The van der Waals surface area contributed by atoms with E-state index in [9.17, 15) is 5.26 Å². The smallest absolute Gasteiger partial charge is 0.164 e. The summed E-state index contributed by atoms with van der Waals surface area (Å²) in [5.41, 5.74) is 1.67. The van der Waals surface area contributed by atoms with Gasteiger partial charge in [0.25, 0.3) is 0 Å². The summed E-state index contributed by atoms with van der Waals surface area (Å²) in [6.07, 6.45) is 9.37. The molecule has 0 radical (unpaired) electrons. The molecule has 8 nitrogen and oxygen atoms in total. The van der Waals surface area contributed by atoms with Crippen LogP contribution in [-0.2, 0) is 11.5 Å². The summed E-state index contributed by atoms with van der Waals surface area (Å²) in [5.74, 6) is 1.13. The molecule has 9 heteroatoms. The minimum atomic E-state index is -1.10. The summed E-state index contributed by atoms with van der Waals surface area (Å²) >= 11 is 0. The molecular weight excluding hydrogens is 406 g/mol. The number of nitrogens with zero attached hydrogens (tertiary/aromatic N) is 6. The van der Waals surface area contributed by atoms with Crippen molar-refractivity contribution in [2.45, 2.75) is 51.3 Å². The molecule has 0 aromatic carbocycles. The van der Waals surface area contributed by atoms with Crippen molar-refractivity contribution in [3.63, 3.8) is 0 Å². The third-order valence-electron chi connectivity index (χ3n) is 5.78. The highest BCUT2D eigenvalue weighted by molar-refractivity contribution is 6.76. The zero-order valence-electron chi connectivity index (χ0n) is 18.6. The molecule has 1 saturated heterocycles. The number of aromatic nitrogens is 5. The van der Waals surface area contributed by atoms with E-state index in [2.05, 4.69) is 41.1 Å². The van der Waals surface area contributed by atoms with Gasteiger partial charge in [0.1, 0.15) is 18.4 Å². The molecule has 2 atom stereocenters. The maximum Gasteiger partial charge on any atom is 0.164 e. The lowest BCUT2D eigenvalue weighted by Crippen LogP contribution is -2.22. The fourth-order valence-corrected chi connectivity index (χ4v) is 4.59. The Hall–Kier alpha value is -2.54. The van der Waals surface area contributed by atoms with E-state index in [1.54, 1.807) is 10.9 Å². The van der Waals surface area contributed by atoms with Crippen molar-refractivity contribution in [1.29, 1.82) is 5.26 Å². The van der Waals surface area contributed by atoms with Crippen molar-refractivity contribution < 1.29 is 4.74 Å². The molecule has 31 heavy (non-hydrogen) atoms. The Bertz CT molecular complexity index is 1060. The Morgan fingerprint density at radius 2 is 2.23 bits per heavy atom. The molecule has 4 heterocycles. The van der Waals surface area contributed by atoms with Gasteiger partial charge in [0.05, 0.1) is 17.8 Å². The fraction of sp³-hybridized carbons (Fsp3) is 0.545. The number of rotatable bonds is 9. The maximum absolute atomic E-state index is 9.65. The summed E-state index contributed by atoms with van der Waals surface area (Å²) in [5, 5.41) is 18.4. The molecular formula is C22H31N7OSi. The second-order valence-electron chi connectivity index (χ2n) is 9.55. The lowest BCUT2D eigenvalue weighted by atomic mass is 10.00. The number of fused-ring (bicyclic) bond motifs is 1. The second kappa shape index (κ2) is 9.30. The van der Waals surface area contributed by atoms with Crippen LogP contribution in [0.4, 0.5) is 0 Å². The highest BCUT2D eigenvalue weighted by Crippen LogP contribution is 2.24. The van der Waals surface area contributed by atoms with Crippen LogP contribution in [0.1, 0.15) is 18.9 Å². The number of hydrogen-bond acceptors (Lipinski definition) is 6. The summed E-state index contributed by atoms with van der Waals surface area (Å²) in [6.45, 7) is 10.3. The quantitative estimate of drug-likeness (QED) is 0.405. The van der Waals surface area contributed by atoms with E-state index in [-0.39, 0.29) is 6.04 Å². The first-order valence-electron chi connectivity index (χ1n) is 11.0. The van der Waals surface area contributed by atoms with Crippen LogP contribution >= 0.6 is 0 Å². The number of ether oxygens (including phenoxy) is 1. The average Bonchev–Trinajstić information content (AvgIpc) is 3.49. The number of nitrogens with one attached hydrogen (secondary N) is 1. The van der Waals surface area contributed by atoms with Crippen LogP contribution in [0.2, 0.25) is 25.7 Å². The van der Waals surface area contributed by atoms with Crippen LogP contribution in [-0.4, -0.2) is 52.1 Å². The molecule has 1 fully saturated rings. The normalized spacial score (nSPS) is 17.8. The minimum absolute atomic E-state index is 0.272. The molecule has 3 aromatic rings. The predicted octanol–water partition coefficient (Wildman–Crippen LogP) is 3.67. The van der Waals surface area contributed by atoms with Crippen molar-refractivity contribution in [3.05, 3.63) is 30.9 Å². The Labute approximate surface area is 184 Å². The Balaban J connectivity index is 1.47. The molecule has 0 aliphatic carbocycles. The molecule has 0 amide bonds. The van der Waals surface area contributed by atoms with Gasteiger partial charge >= 0.3 is 0 Å². The van der Waals surface area contributed by atoms with Gasteiger partial charge in [0.15, 0.2) is 5.82 Å². The number of hydrogen-bond donors (Lipinski definition) is 1. The molecule has 2 unspecified atom stereocenters. The fourth-order valence-electron chi connectivity index (χ4n) is 3.83. The molecule has 164 valence electrons. The summed E-state index contributed by atoms with van der Waals surface area (Å²) in [7, 11) is -1.10. The van der Waals surface area contributed by atoms with Gasteiger partial charge in [-0.2, -0.15) is 10.4 Å². The molecule has 1 N–H and O–H groups in total. The standard InChI is InChI=1S/C22H31N7OSi/c1-31(2,3)9-8-30-16-28-7-5-18-13-25-21(27-22(18)28)19-14-26-29(15-19)20(11-23)10-17-4-6-24-12-17/h5,7,13-15,17,20,24H,4,6,8-10,12,16H2,1-3H3. The maximum atomic E-state index is 9.65. The third-order valence-corrected chi connectivity index (χ3v) is 7.48. The first-order valence-corrected chi connectivity index (χ1v) is 14.7. The van der Waals surface area contributed by atoms with E-state index in [1.807, 2.05) is 29.2 Å². The van der Waals surface area contributed by atoms with E-state index in [0.717, 1.165) is 55.2 Å². The van der Waals surface area contributed by atoms with Crippen molar-refractivity contribution >= 4 is 19.1 Å². The van der Waals surface area contributed by atoms with Crippen LogP contribution in [0.5, 0.6) is 0 Å². The summed E-state index contributed by atoms with van der Waals surface area (Å²) in [6, 6.07) is 5.27. The largest absolute Gasteiger partial charge is 0.361 e. The first kappa shape index (κ1) is 21.7. The topological polar surface area (TPSA) is 93.6 Å². The van der Waals surface area contributed by atoms with Gasteiger partial charge in [-0.1, -0.05) is 19.6 Å². The molecule has 1 aliphatic rings. The van der Waals surface area contributed by atoms with Gasteiger partial charge in [-0.15, -0.1) is 0 Å². The Kier molecular flexibility index (Phi) is 6.50. The molecule has 0 spiro atoms. The minimum Gasteiger partial charge on any atom is -0.361 e. The van der Waals surface area contributed by atoms with Crippen LogP contribution in [0, 0.1) is 17.2 Å².